The molecule has 1 aromatic heterocycles. The summed E-state index contributed by atoms with van der Waals surface area (Å²) < 4.78 is 1.41. The van der Waals surface area contributed by atoms with Crippen molar-refractivity contribution in [1.29, 1.82) is 0 Å². The summed E-state index contributed by atoms with van der Waals surface area (Å²) in [5.74, 6) is 0. The molecule has 3 rings (SSSR count). The van der Waals surface area contributed by atoms with Crippen molar-refractivity contribution in [3.05, 3.63) is 40.8 Å². The van der Waals surface area contributed by atoms with Crippen LogP contribution in [0.1, 0.15) is 10.4 Å². The van der Waals surface area contributed by atoms with Gasteiger partial charge in [0, 0.05) is 16.1 Å². The molecule has 0 unspecified atom stereocenters. The summed E-state index contributed by atoms with van der Waals surface area (Å²) in [6, 6.07) is 8.70. The Balaban J connectivity index is 2.24. The number of thiophene rings is 1. The van der Waals surface area contributed by atoms with Gasteiger partial charge in [-0.25, -0.2) is 0 Å². The van der Waals surface area contributed by atoms with Crippen LogP contribution in [0.4, 0.5) is 0 Å². The maximum atomic E-state index is 3.40. The molecule has 1 aromatic carbocycles. The first-order chi connectivity index (χ1) is 7.45. The van der Waals surface area contributed by atoms with E-state index in [1.807, 2.05) is 11.3 Å². The van der Waals surface area contributed by atoms with Crippen LogP contribution in [0.3, 0.4) is 0 Å². The van der Waals surface area contributed by atoms with Crippen LogP contribution in [0.2, 0.25) is 0 Å². The summed E-state index contributed by atoms with van der Waals surface area (Å²) in [6.45, 7) is 2.08. The highest BCUT2D eigenvalue weighted by Gasteiger charge is 2.10. The van der Waals surface area contributed by atoms with Crippen LogP contribution in [-0.2, 0) is 6.42 Å². The lowest BCUT2D eigenvalue weighted by molar-refractivity contribution is 0.745. The maximum Gasteiger partial charge on any atom is 0.0352 e. The summed E-state index contributed by atoms with van der Waals surface area (Å²) in [5, 5.41) is 4.84. The molecule has 0 aliphatic carbocycles. The van der Waals surface area contributed by atoms with Crippen molar-refractivity contribution in [3.63, 3.8) is 0 Å². The Kier molecular flexibility index (Phi) is 2.31. The fraction of sp³-hybridized carbons (Fsp3) is 0.231. The van der Waals surface area contributed by atoms with Crippen LogP contribution in [0, 0.1) is 0 Å². The first-order valence-corrected chi connectivity index (χ1v) is 6.14. The second kappa shape index (κ2) is 3.80. The third-order valence-corrected chi connectivity index (χ3v) is 3.99. The fourth-order valence-corrected chi connectivity index (χ4v) is 3.26. The van der Waals surface area contributed by atoms with Crippen LogP contribution >= 0.6 is 11.3 Å². The highest BCUT2D eigenvalue weighted by Crippen LogP contribution is 2.32. The van der Waals surface area contributed by atoms with E-state index >= 15 is 0 Å². The van der Waals surface area contributed by atoms with Gasteiger partial charge in [-0.05, 0) is 36.1 Å². The molecule has 2 heteroatoms. The van der Waals surface area contributed by atoms with Crippen molar-refractivity contribution in [3.8, 4) is 0 Å². The normalized spacial score (nSPS) is 18.1. The Hall–Kier alpha value is -1.12. The van der Waals surface area contributed by atoms with Crippen molar-refractivity contribution in [1.82, 2.24) is 5.32 Å². The average Bonchev–Trinajstić information content (AvgIpc) is 2.55. The topological polar surface area (TPSA) is 12.0 Å². The van der Waals surface area contributed by atoms with Gasteiger partial charge in [-0.2, -0.15) is 0 Å². The maximum absolute atomic E-state index is 3.40. The molecule has 0 saturated carbocycles. The Morgan fingerprint density at radius 1 is 1.20 bits per heavy atom. The molecule has 0 radical (unpaired) electrons. The minimum atomic E-state index is 0.994. The number of benzene rings is 1. The quantitative estimate of drug-likeness (QED) is 0.712. The first-order valence-electron chi connectivity index (χ1n) is 5.33. The zero-order valence-corrected chi connectivity index (χ0v) is 9.31. The summed E-state index contributed by atoms with van der Waals surface area (Å²) in [5.41, 5.74) is 1.51. The molecule has 1 aliphatic heterocycles. The second-order valence-electron chi connectivity index (χ2n) is 3.80. The van der Waals surface area contributed by atoms with Crippen LogP contribution in [0.25, 0.3) is 16.2 Å². The molecule has 15 heavy (non-hydrogen) atoms. The predicted octanol–water partition coefficient (Wildman–Crippen LogP) is 3.06. The summed E-state index contributed by atoms with van der Waals surface area (Å²) in [7, 11) is 0. The molecule has 1 aliphatic rings. The second-order valence-corrected chi connectivity index (χ2v) is 4.88. The summed E-state index contributed by atoms with van der Waals surface area (Å²) >= 11 is 1.91. The molecular formula is C13H13NS. The van der Waals surface area contributed by atoms with E-state index in [1.165, 1.54) is 20.5 Å². The predicted molar refractivity (Wildman–Crippen MR) is 67.4 cm³/mol. The zero-order valence-electron chi connectivity index (χ0n) is 8.49. The lowest BCUT2D eigenvalue weighted by atomic mass is 10.1. The van der Waals surface area contributed by atoms with E-state index in [0.717, 1.165) is 19.5 Å². The Labute approximate surface area is 93.4 Å². The van der Waals surface area contributed by atoms with E-state index in [0.29, 0.717) is 0 Å². The van der Waals surface area contributed by atoms with Gasteiger partial charge in [-0.3, -0.25) is 0 Å². The Morgan fingerprint density at radius 3 is 3.13 bits per heavy atom. The molecular weight excluding hydrogens is 202 g/mol. The van der Waals surface area contributed by atoms with Gasteiger partial charge in [-0.1, -0.05) is 24.3 Å². The number of nitrogens with one attached hydrogen (secondary N) is 1. The molecule has 0 spiro atoms. The highest BCUT2D eigenvalue weighted by atomic mass is 32.1. The van der Waals surface area contributed by atoms with Crippen molar-refractivity contribution in [2.45, 2.75) is 6.42 Å². The van der Waals surface area contributed by atoms with Crippen molar-refractivity contribution in [2.75, 3.05) is 13.1 Å². The monoisotopic (exact) mass is 215 g/mol. The number of hydrogen-bond donors (Lipinski definition) is 1. The molecule has 0 fully saturated rings. The van der Waals surface area contributed by atoms with Crippen molar-refractivity contribution >= 4 is 27.5 Å². The molecule has 0 atom stereocenters. The highest BCUT2D eigenvalue weighted by molar-refractivity contribution is 7.20. The molecule has 0 bridgehead atoms. The smallest absolute Gasteiger partial charge is 0.0352 e. The van der Waals surface area contributed by atoms with Gasteiger partial charge in [0.15, 0.2) is 0 Å². The Morgan fingerprint density at radius 2 is 2.13 bits per heavy atom. The molecule has 2 heterocycles. The third-order valence-electron chi connectivity index (χ3n) is 2.81. The van der Waals surface area contributed by atoms with Crippen molar-refractivity contribution in [2.24, 2.45) is 0 Å². The van der Waals surface area contributed by atoms with Gasteiger partial charge < -0.3 is 5.32 Å². The lowest BCUT2D eigenvalue weighted by Gasteiger charge is -2.06. The number of rotatable bonds is 0. The zero-order chi connectivity index (χ0) is 10.1. The SMILES string of the molecule is C1=C\c2sc3ccccc3c2CCNC/1. The fourth-order valence-electron chi connectivity index (χ4n) is 2.07. The lowest BCUT2D eigenvalue weighted by Crippen LogP contribution is -2.18. The summed E-state index contributed by atoms with van der Waals surface area (Å²) in [6.07, 6.45) is 5.61. The molecule has 0 saturated heterocycles. The van der Waals surface area contributed by atoms with Crippen LogP contribution in [-0.4, -0.2) is 13.1 Å². The van der Waals surface area contributed by atoms with Crippen LogP contribution in [0.15, 0.2) is 30.3 Å². The van der Waals surface area contributed by atoms with Gasteiger partial charge in [0.05, 0.1) is 0 Å². The molecule has 76 valence electrons. The van der Waals surface area contributed by atoms with Crippen LogP contribution in [0.5, 0.6) is 0 Å². The average molecular weight is 215 g/mol. The first kappa shape index (κ1) is 9.13. The van der Waals surface area contributed by atoms with E-state index in [4.69, 9.17) is 0 Å². The van der Waals surface area contributed by atoms with E-state index in [9.17, 15) is 0 Å². The number of hydrogen-bond acceptors (Lipinski definition) is 2. The van der Waals surface area contributed by atoms with E-state index in [-0.39, 0.29) is 0 Å². The van der Waals surface area contributed by atoms with E-state index in [2.05, 4.69) is 41.7 Å². The van der Waals surface area contributed by atoms with Gasteiger partial charge in [0.25, 0.3) is 0 Å². The molecule has 1 nitrogen and oxygen atoms in total. The van der Waals surface area contributed by atoms with Gasteiger partial charge in [0.2, 0.25) is 0 Å². The third kappa shape index (κ3) is 1.60. The van der Waals surface area contributed by atoms with Crippen molar-refractivity contribution < 1.29 is 0 Å². The van der Waals surface area contributed by atoms with Crippen LogP contribution < -0.4 is 5.32 Å². The number of fused-ring (bicyclic) bond motifs is 3. The molecule has 2 aromatic rings. The standard InChI is InChI=1S/C13H13NS/c1-2-5-12-10(4-1)11-7-9-14-8-3-6-13(11)15-12/h1-6,14H,7-9H2/b6-3-. The minimum absolute atomic E-state index is 0.994. The van der Waals surface area contributed by atoms with Gasteiger partial charge in [0.1, 0.15) is 0 Å². The largest absolute Gasteiger partial charge is 0.313 e. The summed E-state index contributed by atoms with van der Waals surface area (Å²) in [4.78, 5) is 1.44. The van der Waals surface area contributed by atoms with E-state index in [1.54, 1.807) is 0 Å². The molecule has 0 amide bonds. The van der Waals surface area contributed by atoms with Gasteiger partial charge >= 0.3 is 0 Å². The minimum Gasteiger partial charge on any atom is -0.313 e. The molecule has 1 N–H and O–H groups in total. The Bertz CT molecular complexity index is 510. The van der Waals surface area contributed by atoms with Gasteiger partial charge in [-0.15, -0.1) is 11.3 Å². The van der Waals surface area contributed by atoms with E-state index < -0.39 is 0 Å².